The maximum atomic E-state index is 14.0. The highest BCUT2D eigenvalue weighted by Gasteiger charge is 2.20. The quantitative estimate of drug-likeness (QED) is 0.408. The summed E-state index contributed by atoms with van der Waals surface area (Å²) in [7, 11) is 0. The molecule has 7 heteroatoms. The molecular formula is C20H20ClFN2O3. The molecular weight excluding hydrogens is 371 g/mol. The molecule has 0 aromatic heterocycles. The first kappa shape index (κ1) is 20.6. The Kier molecular flexibility index (Phi) is 7.49. The molecule has 5 nitrogen and oxygen atoms in total. The first-order valence-electron chi connectivity index (χ1n) is 8.41. The standard InChI is InChI=1S/C20H20ClFN2O3/c1-3-27-20(26)14(2)23-24(13-15-8-5-4-6-9-15)19(25)12-16-17(21)10-7-11-18(16)22/h4-11H,3,12-13H2,1-2H3/b23-14+. The first-order valence-corrected chi connectivity index (χ1v) is 8.79. The molecule has 142 valence electrons. The monoisotopic (exact) mass is 390 g/mol. The summed E-state index contributed by atoms with van der Waals surface area (Å²) in [4.78, 5) is 24.6. The maximum Gasteiger partial charge on any atom is 0.354 e. The van der Waals surface area contributed by atoms with Gasteiger partial charge in [0.2, 0.25) is 5.91 Å². The molecule has 0 unspecified atom stereocenters. The molecule has 0 bridgehead atoms. The van der Waals surface area contributed by atoms with Gasteiger partial charge in [-0.25, -0.2) is 14.2 Å². The van der Waals surface area contributed by atoms with Crippen LogP contribution in [0.2, 0.25) is 5.02 Å². The molecule has 0 aliphatic carbocycles. The van der Waals surface area contributed by atoms with Crippen LogP contribution in [0.15, 0.2) is 53.6 Å². The Morgan fingerprint density at radius 1 is 1.15 bits per heavy atom. The van der Waals surface area contributed by atoms with Crippen molar-refractivity contribution in [2.75, 3.05) is 6.61 Å². The SMILES string of the molecule is CCOC(=O)/C(C)=N/N(Cc1ccccc1)C(=O)Cc1c(F)cccc1Cl. The predicted molar refractivity (Wildman–Crippen MR) is 102 cm³/mol. The van der Waals surface area contributed by atoms with Crippen molar-refractivity contribution in [2.45, 2.75) is 26.8 Å². The number of esters is 1. The Bertz CT molecular complexity index is 820. The van der Waals surface area contributed by atoms with E-state index in [1.807, 2.05) is 30.3 Å². The van der Waals surface area contributed by atoms with Crippen LogP contribution in [0.3, 0.4) is 0 Å². The number of hydrazone groups is 1. The van der Waals surface area contributed by atoms with Crippen LogP contribution < -0.4 is 0 Å². The molecule has 0 saturated carbocycles. The fourth-order valence-corrected chi connectivity index (χ4v) is 2.57. The van der Waals surface area contributed by atoms with E-state index in [1.54, 1.807) is 6.92 Å². The summed E-state index contributed by atoms with van der Waals surface area (Å²) in [5.41, 5.74) is 0.929. The molecule has 0 N–H and O–H groups in total. The molecule has 0 spiro atoms. The van der Waals surface area contributed by atoms with Crippen molar-refractivity contribution < 1.29 is 18.7 Å². The van der Waals surface area contributed by atoms with Gasteiger partial charge in [0.1, 0.15) is 11.5 Å². The second-order valence-electron chi connectivity index (χ2n) is 5.72. The number of rotatable bonds is 7. The number of benzene rings is 2. The minimum Gasteiger partial charge on any atom is -0.461 e. The molecule has 0 fully saturated rings. The second kappa shape index (κ2) is 9.83. The van der Waals surface area contributed by atoms with Gasteiger partial charge in [0.15, 0.2) is 0 Å². The topological polar surface area (TPSA) is 59.0 Å². The Morgan fingerprint density at radius 2 is 1.85 bits per heavy atom. The zero-order chi connectivity index (χ0) is 19.8. The van der Waals surface area contributed by atoms with E-state index < -0.39 is 17.7 Å². The van der Waals surface area contributed by atoms with Crippen LogP contribution in [0.4, 0.5) is 4.39 Å². The van der Waals surface area contributed by atoms with Crippen LogP contribution in [-0.2, 0) is 27.3 Å². The van der Waals surface area contributed by atoms with Crippen LogP contribution in [0.5, 0.6) is 0 Å². The fraction of sp³-hybridized carbons (Fsp3) is 0.250. The highest BCUT2D eigenvalue weighted by molar-refractivity contribution is 6.35. The minimum atomic E-state index is -0.618. The van der Waals surface area contributed by atoms with Crippen LogP contribution >= 0.6 is 11.6 Å². The Hall–Kier alpha value is -2.73. The van der Waals surface area contributed by atoms with Gasteiger partial charge in [-0.1, -0.05) is 48.0 Å². The van der Waals surface area contributed by atoms with Crippen molar-refractivity contribution in [1.29, 1.82) is 0 Å². The van der Waals surface area contributed by atoms with E-state index in [0.29, 0.717) is 0 Å². The number of carbonyl (C=O) groups excluding carboxylic acids is 2. The summed E-state index contributed by atoms with van der Waals surface area (Å²) in [6.07, 6.45) is -0.280. The molecule has 0 saturated heterocycles. The molecule has 2 aromatic rings. The van der Waals surface area contributed by atoms with Gasteiger partial charge in [0.25, 0.3) is 0 Å². The number of nitrogens with zero attached hydrogens (tertiary/aromatic N) is 2. The lowest BCUT2D eigenvalue weighted by atomic mass is 10.1. The minimum absolute atomic E-state index is 0.0285. The first-order chi connectivity index (χ1) is 12.9. The molecule has 2 aromatic carbocycles. The third kappa shape index (κ3) is 5.89. The lowest BCUT2D eigenvalue weighted by molar-refractivity contribution is -0.135. The predicted octanol–water partition coefficient (Wildman–Crippen LogP) is 3.99. The summed E-state index contributed by atoms with van der Waals surface area (Å²) in [6.45, 7) is 3.46. The van der Waals surface area contributed by atoms with Crippen LogP contribution in [0.1, 0.15) is 25.0 Å². The number of carbonyl (C=O) groups is 2. The highest BCUT2D eigenvalue weighted by atomic mass is 35.5. The van der Waals surface area contributed by atoms with E-state index in [-0.39, 0.29) is 35.9 Å². The summed E-state index contributed by atoms with van der Waals surface area (Å²) in [5.74, 6) is -1.68. The fourth-order valence-electron chi connectivity index (χ4n) is 2.34. The van der Waals surface area contributed by atoms with E-state index >= 15 is 0 Å². The third-order valence-corrected chi connectivity index (χ3v) is 4.05. The van der Waals surface area contributed by atoms with E-state index in [9.17, 15) is 14.0 Å². The van der Waals surface area contributed by atoms with Gasteiger partial charge >= 0.3 is 5.97 Å². The Morgan fingerprint density at radius 3 is 2.48 bits per heavy atom. The number of hydrogen-bond donors (Lipinski definition) is 0. The van der Waals surface area contributed by atoms with Crippen molar-refractivity contribution >= 4 is 29.2 Å². The second-order valence-corrected chi connectivity index (χ2v) is 6.13. The maximum absolute atomic E-state index is 14.0. The van der Waals surface area contributed by atoms with E-state index in [2.05, 4.69) is 5.10 Å². The third-order valence-electron chi connectivity index (χ3n) is 3.69. The van der Waals surface area contributed by atoms with Gasteiger partial charge in [0, 0.05) is 10.6 Å². The average Bonchev–Trinajstić information content (AvgIpc) is 2.65. The largest absolute Gasteiger partial charge is 0.461 e. The summed E-state index contributed by atoms with van der Waals surface area (Å²) in [6, 6.07) is 13.4. The molecule has 1 amide bonds. The van der Waals surface area contributed by atoms with E-state index in [0.717, 1.165) is 10.6 Å². The molecule has 0 atom stereocenters. The van der Waals surface area contributed by atoms with Crippen molar-refractivity contribution in [3.05, 3.63) is 70.5 Å². The average molecular weight is 391 g/mol. The summed E-state index contributed by atoms with van der Waals surface area (Å²) < 4.78 is 18.9. The molecule has 0 heterocycles. The molecule has 0 radical (unpaired) electrons. The van der Waals surface area contributed by atoms with Gasteiger partial charge in [-0.15, -0.1) is 0 Å². The van der Waals surface area contributed by atoms with E-state index in [1.165, 1.54) is 25.1 Å². The van der Waals surface area contributed by atoms with Crippen molar-refractivity contribution in [1.82, 2.24) is 5.01 Å². The van der Waals surface area contributed by atoms with Gasteiger partial charge in [-0.3, -0.25) is 4.79 Å². The molecule has 0 aliphatic heterocycles. The number of halogens is 2. The van der Waals surface area contributed by atoms with Crippen molar-refractivity contribution in [3.63, 3.8) is 0 Å². The van der Waals surface area contributed by atoms with Crippen LogP contribution in [0, 0.1) is 5.82 Å². The van der Waals surface area contributed by atoms with Crippen molar-refractivity contribution in [3.8, 4) is 0 Å². The highest BCUT2D eigenvalue weighted by Crippen LogP contribution is 2.20. The number of ether oxygens (including phenoxy) is 1. The lowest BCUT2D eigenvalue weighted by Crippen LogP contribution is -2.30. The van der Waals surface area contributed by atoms with Gasteiger partial charge in [-0.05, 0) is 31.5 Å². The smallest absolute Gasteiger partial charge is 0.354 e. The van der Waals surface area contributed by atoms with Crippen LogP contribution in [0.25, 0.3) is 0 Å². The van der Waals surface area contributed by atoms with E-state index in [4.69, 9.17) is 16.3 Å². The zero-order valence-electron chi connectivity index (χ0n) is 15.1. The van der Waals surface area contributed by atoms with Crippen molar-refractivity contribution in [2.24, 2.45) is 5.10 Å². The normalized spacial score (nSPS) is 11.2. The van der Waals surface area contributed by atoms with Gasteiger partial charge in [0.05, 0.1) is 19.6 Å². The van der Waals surface area contributed by atoms with Gasteiger partial charge < -0.3 is 4.74 Å². The number of hydrogen-bond acceptors (Lipinski definition) is 4. The zero-order valence-corrected chi connectivity index (χ0v) is 15.9. The van der Waals surface area contributed by atoms with Crippen LogP contribution in [-0.4, -0.2) is 29.2 Å². The molecule has 27 heavy (non-hydrogen) atoms. The lowest BCUT2D eigenvalue weighted by Gasteiger charge is -2.19. The summed E-state index contributed by atoms with van der Waals surface area (Å²) in [5, 5.41) is 5.40. The van der Waals surface area contributed by atoms with Gasteiger partial charge in [-0.2, -0.15) is 5.10 Å². The number of amides is 1. The molecule has 0 aliphatic rings. The molecule has 2 rings (SSSR count). The summed E-state index contributed by atoms with van der Waals surface area (Å²) >= 11 is 6.02. The Labute approximate surface area is 162 Å². The Balaban J connectivity index is 2.29.